The molecular formula is C17H23N3. The van der Waals surface area contributed by atoms with Gasteiger partial charge in [-0.15, -0.1) is 0 Å². The Bertz CT molecular complexity index is 603. The van der Waals surface area contributed by atoms with Crippen LogP contribution < -0.4 is 5.73 Å². The van der Waals surface area contributed by atoms with Crippen LogP contribution in [0, 0.1) is 12.8 Å². The molecule has 0 spiro atoms. The van der Waals surface area contributed by atoms with Crippen molar-refractivity contribution in [1.82, 2.24) is 9.97 Å². The van der Waals surface area contributed by atoms with Gasteiger partial charge in [-0.2, -0.15) is 0 Å². The highest BCUT2D eigenvalue weighted by molar-refractivity contribution is 5.67. The molecule has 0 fully saturated rings. The maximum Gasteiger partial charge on any atom is 0.131 e. The van der Waals surface area contributed by atoms with Gasteiger partial charge in [-0.3, -0.25) is 0 Å². The summed E-state index contributed by atoms with van der Waals surface area (Å²) in [5.74, 6) is 2.03. The minimum Gasteiger partial charge on any atom is -0.383 e. The number of aromatic nitrogens is 2. The fourth-order valence-electron chi connectivity index (χ4n) is 2.34. The first-order valence-corrected chi connectivity index (χ1v) is 7.23. The smallest absolute Gasteiger partial charge is 0.131 e. The van der Waals surface area contributed by atoms with Crippen LogP contribution in [0.2, 0.25) is 0 Å². The molecule has 2 N–H and O–H groups in total. The zero-order valence-corrected chi connectivity index (χ0v) is 12.8. The first-order chi connectivity index (χ1) is 9.51. The van der Waals surface area contributed by atoms with Crippen LogP contribution in [-0.2, 0) is 12.8 Å². The van der Waals surface area contributed by atoms with Gasteiger partial charge in [0.15, 0.2) is 0 Å². The summed E-state index contributed by atoms with van der Waals surface area (Å²) < 4.78 is 0. The average molecular weight is 269 g/mol. The van der Waals surface area contributed by atoms with Gasteiger partial charge in [-0.05, 0) is 30.9 Å². The van der Waals surface area contributed by atoms with Gasteiger partial charge < -0.3 is 5.73 Å². The third-order valence-corrected chi connectivity index (χ3v) is 3.39. The van der Waals surface area contributed by atoms with Gasteiger partial charge in [0.05, 0.1) is 5.69 Å². The second-order valence-corrected chi connectivity index (χ2v) is 5.65. The second-order valence-electron chi connectivity index (χ2n) is 5.65. The van der Waals surface area contributed by atoms with Gasteiger partial charge in [-0.1, -0.05) is 39.0 Å². The fraction of sp³-hybridized carbons (Fsp3) is 0.412. The van der Waals surface area contributed by atoms with Crippen LogP contribution in [0.1, 0.15) is 37.7 Å². The Balaban J connectivity index is 2.48. The summed E-state index contributed by atoms with van der Waals surface area (Å²) in [6.45, 7) is 8.49. The first kappa shape index (κ1) is 14.5. The highest BCUT2D eigenvalue weighted by Gasteiger charge is 2.10. The number of nitrogens with two attached hydrogens (primary N) is 1. The zero-order chi connectivity index (χ0) is 14.7. The van der Waals surface area contributed by atoms with Crippen molar-refractivity contribution in [2.45, 2.75) is 40.5 Å². The largest absolute Gasteiger partial charge is 0.383 e. The quantitative estimate of drug-likeness (QED) is 0.918. The minimum absolute atomic E-state index is 0.584. The number of rotatable bonds is 4. The Morgan fingerprint density at radius 2 is 1.95 bits per heavy atom. The van der Waals surface area contributed by atoms with E-state index in [-0.39, 0.29) is 0 Å². The van der Waals surface area contributed by atoms with Crippen LogP contribution in [0.5, 0.6) is 0 Å². The molecule has 0 bridgehead atoms. The highest BCUT2D eigenvalue weighted by atomic mass is 15.0. The van der Waals surface area contributed by atoms with E-state index >= 15 is 0 Å². The lowest BCUT2D eigenvalue weighted by Gasteiger charge is -2.11. The van der Waals surface area contributed by atoms with E-state index in [1.54, 1.807) is 0 Å². The molecule has 106 valence electrons. The van der Waals surface area contributed by atoms with E-state index in [0.717, 1.165) is 35.5 Å². The van der Waals surface area contributed by atoms with Crippen molar-refractivity contribution < 1.29 is 0 Å². The fourth-order valence-corrected chi connectivity index (χ4v) is 2.34. The van der Waals surface area contributed by atoms with Crippen molar-refractivity contribution in [3.63, 3.8) is 0 Å². The Morgan fingerprint density at radius 1 is 1.20 bits per heavy atom. The number of hydrogen-bond acceptors (Lipinski definition) is 3. The van der Waals surface area contributed by atoms with E-state index in [0.29, 0.717) is 11.7 Å². The highest BCUT2D eigenvalue weighted by Crippen LogP contribution is 2.26. The first-order valence-electron chi connectivity index (χ1n) is 7.23. The van der Waals surface area contributed by atoms with Gasteiger partial charge in [0.2, 0.25) is 0 Å². The molecule has 0 saturated heterocycles. The average Bonchev–Trinajstić information content (AvgIpc) is 2.41. The third-order valence-electron chi connectivity index (χ3n) is 3.39. The molecule has 3 heteroatoms. The lowest BCUT2D eigenvalue weighted by Crippen LogP contribution is -2.04. The summed E-state index contributed by atoms with van der Waals surface area (Å²) >= 11 is 0. The molecule has 0 unspecified atom stereocenters. The van der Waals surface area contributed by atoms with Crippen LogP contribution in [0.3, 0.4) is 0 Å². The molecule has 0 amide bonds. The number of benzene rings is 1. The van der Waals surface area contributed by atoms with E-state index in [1.165, 1.54) is 5.56 Å². The lowest BCUT2D eigenvalue weighted by molar-refractivity contribution is 0.647. The SMILES string of the molecule is CCc1nc(N)c(C)c(-c2cccc(CC(C)C)c2)n1. The van der Waals surface area contributed by atoms with Gasteiger partial charge in [0.25, 0.3) is 0 Å². The molecule has 0 saturated carbocycles. The monoisotopic (exact) mass is 269 g/mol. The molecule has 1 aromatic heterocycles. The van der Waals surface area contributed by atoms with Gasteiger partial charge in [0.1, 0.15) is 11.6 Å². The van der Waals surface area contributed by atoms with Crippen molar-refractivity contribution in [2.75, 3.05) is 5.73 Å². The van der Waals surface area contributed by atoms with Crippen LogP contribution in [0.4, 0.5) is 5.82 Å². The van der Waals surface area contributed by atoms with Crippen molar-refractivity contribution in [1.29, 1.82) is 0 Å². The number of nitrogen functional groups attached to an aromatic ring is 1. The van der Waals surface area contributed by atoms with Gasteiger partial charge in [-0.25, -0.2) is 9.97 Å². The van der Waals surface area contributed by atoms with Crippen LogP contribution in [0.25, 0.3) is 11.3 Å². The normalized spacial score (nSPS) is 11.1. The molecule has 0 aliphatic rings. The summed E-state index contributed by atoms with van der Waals surface area (Å²) in [6.07, 6.45) is 1.87. The molecule has 2 aromatic rings. The molecule has 0 atom stereocenters. The minimum atomic E-state index is 0.584. The Labute approximate surface area is 121 Å². The van der Waals surface area contributed by atoms with Crippen molar-refractivity contribution in [3.05, 3.63) is 41.2 Å². The summed E-state index contributed by atoms with van der Waals surface area (Å²) in [7, 11) is 0. The lowest BCUT2D eigenvalue weighted by atomic mass is 9.98. The van der Waals surface area contributed by atoms with Crippen molar-refractivity contribution >= 4 is 5.82 Å². The van der Waals surface area contributed by atoms with Gasteiger partial charge >= 0.3 is 0 Å². The van der Waals surface area contributed by atoms with Crippen LogP contribution in [-0.4, -0.2) is 9.97 Å². The molecule has 20 heavy (non-hydrogen) atoms. The number of aryl methyl sites for hydroxylation is 1. The van der Waals surface area contributed by atoms with Crippen molar-refractivity contribution in [2.24, 2.45) is 5.92 Å². The molecule has 2 rings (SSSR count). The Morgan fingerprint density at radius 3 is 2.60 bits per heavy atom. The maximum atomic E-state index is 6.00. The third kappa shape index (κ3) is 3.16. The maximum absolute atomic E-state index is 6.00. The number of hydrogen-bond donors (Lipinski definition) is 1. The van der Waals surface area contributed by atoms with Crippen LogP contribution >= 0.6 is 0 Å². The summed E-state index contributed by atoms with van der Waals surface area (Å²) in [6, 6.07) is 8.58. The zero-order valence-electron chi connectivity index (χ0n) is 12.8. The van der Waals surface area contributed by atoms with E-state index in [9.17, 15) is 0 Å². The Hall–Kier alpha value is -1.90. The predicted molar refractivity (Wildman–Crippen MR) is 84.5 cm³/mol. The van der Waals surface area contributed by atoms with E-state index in [4.69, 9.17) is 5.73 Å². The second kappa shape index (κ2) is 6.04. The van der Waals surface area contributed by atoms with Gasteiger partial charge in [0, 0.05) is 17.5 Å². The molecule has 1 aromatic carbocycles. The van der Waals surface area contributed by atoms with E-state index < -0.39 is 0 Å². The van der Waals surface area contributed by atoms with E-state index in [2.05, 4.69) is 48.1 Å². The molecule has 3 nitrogen and oxygen atoms in total. The molecule has 0 radical (unpaired) electrons. The molecule has 0 aliphatic carbocycles. The topological polar surface area (TPSA) is 51.8 Å². The summed E-state index contributed by atoms with van der Waals surface area (Å²) in [5.41, 5.74) is 10.4. The summed E-state index contributed by atoms with van der Waals surface area (Å²) in [5, 5.41) is 0. The number of nitrogens with zero attached hydrogens (tertiary/aromatic N) is 2. The van der Waals surface area contributed by atoms with Crippen molar-refractivity contribution in [3.8, 4) is 11.3 Å². The summed E-state index contributed by atoms with van der Waals surface area (Å²) in [4.78, 5) is 8.97. The molecular weight excluding hydrogens is 246 g/mol. The molecule has 1 heterocycles. The predicted octanol–water partition coefficient (Wildman–Crippen LogP) is 3.80. The molecule has 0 aliphatic heterocycles. The van der Waals surface area contributed by atoms with Crippen LogP contribution in [0.15, 0.2) is 24.3 Å². The standard InChI is InChI=1S/C17H23N3/c1-5-15-19-16(12(4)17(18)20-15)14-8-6-7-13(10-14)9-11(2)3/h6-8,10-11H,5,9H2,1-4H3,(H2,18,19,20). The number of anilines is 1. The van der Waals surface area contributed by atoms with E-state index in [1.807, 2.05) is 13.8 Å². The Kier molecular flexibility index (Phi) is 4.38.